The highest BCUT2D eigenvalue weighted by Gasteiger charge is 2.04. The smallest absolute Gasteiger partial charge is 0.131 e. The number of hydrogen-bond acceptors (Lipinski definition) is 0. The third kappa shape index (κ3) is 2.38. The van der Waals surface area contributed by atoms with E-state index in [1.807, 2.05) is 12.1 Å². The zero-order valence-corrected chi connectivity index (χ0v) is 9.46. The van der Waals surface area contributed by atoms with E-state index in [0.717, 1.165) is 5.69 Å². The van der Waals surface area contributed by atoms with E-state index in [2.05, 4.69) is 49.1 Å². The maximum atomic E-state index is 4.01. The molecule has 0 aliphatic heterocycles. The largest absolute Gasteiger partial charge is 1.00 e. The van der Waals surface area contributed by atoms with Crippen molar-refractivity contribution in [3.05, 3.63) is 54.1 Å². The Kier molecular flexibility index (Phi) is 3.89. The summed E-state index contributed by atoms with van der Waals surface area (Å²) in [6.07, 6.45) is 0. The molecule has 0 amide bonds. The Labute approximate surface area is 96.3 Å². The molecular formula is C13H14ClN. The van der Waals surface area contributed by atoms with Crippen molar-refractivity contribution in [3.63, 3.8) is 0 Å². The summed E-state index contributed by atoms with van der Waals surface area (Å²) in [6.45, 7) is 2.12. The summed E-state index contributed by atoms with van der Waals surface area (Å²) >= 11 is 0. The molecule has 0 unspecified atom stereocenters. The van der Waals surface area contributed by atoms with Gasteiger partial charge in [0.2, 0.25) is 0 Å². The van der Waals surface area contributed by atoms with Crippen LogP contribution in [-0.4, -0.2) is 0 Å². The van der Waals surface area contributed by atoms with Crippen LogP contribution in [0.25, 0.3) is 11.1 Å². The van der Waals surface area contributed by atoms with Gasteiger partial charge in [-0.15, -0.1) is 0 Å². The van der Waals surface area contributed by atoms with Gasteiger partial charge in [-0.05, 0) is 24.1 Å². The second kappa shape index (κ2) is 4.96. The Morgan fingerprint density at radius 3 is 2.20 bits per heavy atom. The van der Waals surface area contributed by atoms with Crippen LogP contribution < -0.4 is 18.1 Å². The van der Waals surface area contributed by atoms with Crippen molar-refractivity contribution < 1.29 is 18.1 Å². The second-order valence-electron chi connectivity index (χ2n) is 3.46. The summed E-state index contributed by atoms with van der Waals surface area (Å²) in [7, 11) is 0. The van der Waals surface area contributed by atoms with Gasteiger partial charge in [0, 0.05) is 5.56 Å². The highest BCUT2D eigenvalue weighted by molar-refractivity contribution is 5.70. The minimum Gasteiger partial charge on any atom is -1.00 e. The minimum absolute atomic E-state index is 0. The van der Waals surface area contributed by atoms with Crippen molar-refractivity contribution in [1.82, 2.24) is 0 Å². The Balaban J connectivity index is 0.00000112. The van der Waals surface area contributed by atoms with Gasteiger partial charge in [0.15, 0.2) is 0 Å². The fourth-order valence-electron chi connectivity index (χ4n) is 1.61. The van der Waals surface area contributed by atoms with Crippen molar-refractivity contribution in [1.29, 1.82) is 0 Å². The van der Waals surface area contributed by atoms with E-state index in [-0.39, 0.29) is 12.4 Å². The molecule has 0 aliphatic rings. The van der Waals surface area contributed by atoms with Crippen LogP contribution in [0.3, 0.4) is 0 Å². The summed E-state index contributed by atoms with van der Waals surface area (Å²) in [6, 6.07) is 16.6. The van der Waals surface area contributed by atoms with E-state index in [9.17, 15) is 0 Å². The zero-order chi connectivity index (χ0) is 9.97. The van der Waals surface area contributed by atoms with Crippen molar-refractivity contribution in [2.75, 3.05) is 0 Å². The first-order valence-electron chi connectivity index (χ1n) is 4.76. The molecule has 0 heterocycles. The molecule has 3 N–H and O–H groups in total. The van der Waals surface area contributed by atoms with Gasteiger partial charge >= 0.3 is 0 Å². The summed E-state index contributed by atoms with van der Waals surface area (Å²) in [5.74, 6) is 0. The molecule has 0 saturated heterocycles. The van der Waals surface area contributed by atoms with Gasteiger partial charge in [0.1, 0.15) is 5.69 Å². The van der Waals surface area contributed by atoms with Gasteiger partial charge in [0.05, 0.1) is 0 Å². The van der Waals surface area contributed by atoms with Crippen molar-refractivity contribution in [2.45, 2.75) is 6.92 Å². The molecule has 0 spiro atoms. The van der Waals surface area contributed by atoms with Crippen molar-refractivity contribution >= 4 is 5.69 Å². The molecule has 0 bridgehead atoms. The van der Waals surface area contributed by atoms with E-state index < -0.39 is 0 Å². The summed E-state index contributed by atoms with van der Waals surface area (Å²) in [4.78, 5) is 0. The Bertz CT molecular complexity index is 438. The Morgan fingerprint density at radius 2 is 1.53 bits per heavy atom. The topological polar surface area (TPSA) is 27.6 Å². The second-order valence-corrected chi connectivity index (χ2v) is 3.46. The van der Waals surface area contributed by atoms with Gasteiger partial charge in [0.25, 0.3) is 0 Å². The molecule has 0 aromatic heterocycles. The van der Waals surface area contributed by atoms with E-state index in [1.165, 1.54) is 16.7 Å². The minimum atomic E-state index is 0. The first-order valence-corrected chi connectivity index (χ1v) is 4.76. The van der Waals surface area contributed by atoms with Gasteiger partial charge in [-0.25, -0.2) is 0 Å². The Morgan fingerprint density at radius 1 is 0.867 bits per heavy atom. The predicted molar refractivity (Wildman–Crippen MR) is 59.2 cm³/mol. The molecule has 2 aromatic rings. The molecule has 15 heavy (non-hydrogen) atoms. The highest BCUT2D eigenvalue weighted by Crippen LogP contribution is 2.25. The van der Waals surface area contributed by atoms with Crippen LogP contribution in [0.4, 0.5) is 5.69 Å². The van der Waals surface area contributed by atoms with Gasteiger partial charge in [-0.2, -0.15) is 0 Å². The van der Waals surface area contributed by atoms with E-state index in [4.69, 9.17) is 0 Å². The molecule has 0 aliphatic carbocycles. The number of quaternary nitrogens is 1. The van der Waals surface area contributed by atoms with Crippen molar-refractivity contribution in [3.8, 4) is 11.1 Å². The van der Waals surface area contributed by atoms with E-state index >= 15 is 0 Å². The third-order valence-electron chi connectivity index (χ3n) is 2.53. The zero-order valence-electron chi connectivity index (χ0n) is 8.70. The molecule has 0 saturated carbocycles. The van der Waals surface area contributed by atoms with Gasteiger partial charge in [-0.3, -0.25) is 0 Å². The van der Waals surface area contributed by atoms with Crippen LogP contribution in [0.2, 0.25) is 0 Å². The monoisotopic (exact) mass is 219 g/mol. The molecule has 2 rings (SSSR count). The number of benzene rings is 2. The lowest BCUT2D eigenvalue weighted by molar-refractivity contribution is -0.255. The maximum Gasteiger partial charge on any atom is 0.131 e. The lowest BCUT2D eigenvalue weighted by atomic mass is 10.00. The van der Waals surface area contributed by atoms with Crippen molar-refractivity contribution in [2.24, 2.45) is 0 Å². The lowest BCUT2D eigenvalue weighted by Gasteiger charge is -2.05. The van der Waals surface area contributed by atoms with E-state index in [1.54, 1.807) is 0 Å². The summed E-state index contributed by atoms with van der Waals surface area (Å²) in [5.41, 5.74) is 8.91. The highest BCUT2D eigenvalue weighted by atomic mass is 35.5. The third-order valence-corrected chi connectivity index (χ3v) is 2.53. The van der Waals surface area contributed by atoms with Crippen LogP contribution in [0.5, 0.6) is 0 Å². The van der Waals surface area contributed by atoms with E-state index in [0.29, 0.717) is 0 Å². The fraction of sp³-hybridized carbons (Fsp3) is 0.0769. The number of rotatable bonds is 1. The first-order chi connectivity index (χ1) is 6.79. The molecule has 0 atom stereocenters. The van der Waals surface area contributed by atoms with Crippen LogP contribution in [0, 0.1) is 6.92 Å². The summed E-state index contributed by atoms with van der Waals surface area (Å²) in [5, 5.41) is 0. The fourth-order valence-corrected chi connectivity index (χ4v) is 1.61. The molecular weight excluding hydrogens is 206 g/mol. The SMILES string of the molecule is Cc1c([NH3+])cccc1-c1ccccc1.[Cl-]. The molecule has 2 heteroatoms. The van der Waals surface area contributed by atoms with Crippen LogP contribution in [0.15, 0.2) is 48.5 Å². The molecule has 1 nitrogen and oxygen atoms in total. The van der Waals surface area contributed by atoms with Crippen LogP contribution in [-0.2, 0) is 0 Å². The molecule has 0 radical (unpaired) electrons. The molecule has 78 valence electrons. The van der Waals surface area contributed by atoms with Gasteiger partial charge in [-0.1, -0.05) is 42.5 Å². The molecule has 2 aromatic carbocycles. The Hall–Kier alpha value is -1.31. The number of halogens is 1. The lowest BCUT2D eigenvalue weighted by Crippen LogP contribution is -3.00. The standard InChI is InChI=1S/C13H13N.ClH/c1-10-12(8-5-9-13(10)14)11-6-3-2-4-7-11;/h2-9H,14H2,1H3;1H. The summed E-state index contributed by atoms with van der Waals surface area (Å²) < 4.78 is 0. The molecule has 0 fully saturated rings. The average molecular weight is 220 g/mol. The normalized spacial score (nSPS) is 9.47. The average Bonchev–Trinajstić information content (AvgIpc) is 2.23. The van der Waals surface area contributed by atoms with Gasteiger partial charge < -0.3 is 18.1 Å². The van der Waals surface area contributed by atoms with Crippen LogP contribution in [0.1, 0.15) is 5.56 Å². The van der Waals surface area contributed by atoms with Crippen LogP contribution >= 0.6 is 0 Å². The maximum absolute atomic E-state index is 4.01. The first kappa shape index (κ1) is 11.8. The predicted octanol–water partition coefficient (Wildman–Crippen LogP) is -0.461. The quantitative estimate of drug-likeness (QED) is 0.673. The number of hydrogen-bond donors (Lipinski definition) is 1.